The molecule has 0 aliphatic carbocycles. The van der Waals surface area contributed by atoms with Crippen LogP contribution in [0.1, 0.15) is 5.56 Å². The molecule has 3 rings (SSSR count). The lowest BCUT2D eigenvalue weighted by Gasteiger charge is -2.05. The van der Waals surface area contributed by atoms with Crippen LogP contribution in [0.3, 0.4) is 0 Å². The molecule has 2 N–H and O–H groups in total. The zero-order valence-electron chi connectivity index (χ0n) is 10.8. The summed E-state index contributed by atoms with van der Waals surface area (Å²) in [6.45, 7) is 2.10. The summed E-state index contributed by atoms with van der Waals surface area (Å²) in [6.07, 6.45) is 0. The molecule has 1 aromatic heterocycles. The van der Waals surface area contributed by atoms with Gasteiger partial charge in [0, 0.05) is 22.8 Å². The van der Waals surface area contributed by atoms with E-state index in [2.05, 4.69) is 33.5 Å². The van der Waals surface area contributed by atoms with Crippen LogP contribution in [0.2, 0.25) is 0 Å². The monoisotopic (exact) mass is 315 g/mol. The van der Waals surface area contributed by atoms with E-state index in [0.717, 1.165) is 32.6 Å². The number of halogens is 1. The highest BCUT2D eigenvalue weighted by Gasteiger charge is 2.12. The molecule has 0 saturated heterocycles. The summed E-state index contributed by atoms with van der Waals surface area (Å²) in [5, 5.41) is 0. The van der Waals surface area contributed by atoms with Gasteiger partial charge in [-0.3, -0.25) is 0 Å². The first-order valence-corrected chi connectivity index (χ1v) is 6.84. The normalized spacial score (nSPS) is 11.1. The third-order valence-electron chi connectivity index (χ3n) is 3.27. The average molecular weight is 316 g/mol. The summed E-state index contributed by atoms with van der Waals surface area (Å²) in [5.74, 6) is 0.928. The minimum atomic E-state index is 0.730. The van der Waals surface area contributed by atoms with E-state index in [1.807, 2.05) is 37.4 Å². The topological polar surface area (TPSA) is 43.8 Å². The molecular weight excluding hydrogens is 302 g/mol. The van der Waals surface area contributed by atoms with Crippen LogP contribution in [0, 0.1) is 6.92 Å². The van der Waals surface area contributed by atoms with Gasteiger partial charge in [0.1, 0.15) is 5.82 Å². The Morgan fingerprint density at radius 3 is 2.68 bits per heavy atom. The molecule has 0 radical (unpaired) electrons. The van der Waals surface area contributed by atoms with E-state index in [1.54, 1.807) is 0 Å². The fourth-order valence-electron chi connectivity index (χ4n) is 2.46. The Morgan fingerprint density at radius 1 is 1.21 bits per heavy atom. The summed E-state index contributed by atoms with van der Waals surface area (Å²) >= 11 is 3.48. The second-order valence-corrected chi connectivity index (χ2v) is 5.63. The molecule has 0 bridgehead atoms. The number of aromatic nitrogens is 2. The Hall–Kier alpha value is -1.81. The van der Waals surface area contributed by atoms with Crippen LogP contribution in [0.25, 0.3) is 22.4 Å². The van der Waals surface area contributed by atoms with Crippen LogP contribution in [-0.2, 0) is 7.05 Å². The van der Waals surface area contributed by atoms with E-state index < -0.39 is 0 Å². The summed E-state index contributed by atoms with van der Waals surface area (Å²) in [5.41, 5.74) is 11.0. The maximum atomic E-state index is 5.90. The van der Waals surface area contributed by atoms with Gasteiger partial charge in [0.2, 0.25) is 0 Å². The smallest absolute Gasteiger partial charge is 0.140 e. The predicted molar refractivity (Wildman–Crippen MR) is 83.0 cm³/mol. The number of imidazole rings is 1. The van der Waals surface area contributed by atoms with Gasteiger partial charge < -0.3 is 10.3 Å². The second kappa shape index (κ2) is 4.38. The lowest BCUT2D eigenvalue weighted by atomic mass is 10.2. The van der Waals surface area contributed by atoms with Crippen molar-refractivity contribution in [3.05, 3.63) is 46.4 Å². The summed E-state index contributed by atoms with van der Waals surface area (Å²) in [6, 6.07) is 12.0. The molecule has 0 fully saturated rings. The second-order valence-electron chi connectivity index (χ2n) is 4.71. The number of anilines is 1. The fourth-order valence-corrected chi connectivity index (χ4v) is 2.98. The molecule has 0 atom stereocenters. The van der Waals surface area contributed by atoms with Crippen molar-refractivity contribution in [2.75, 3.05) is 5.73 Å². The highest BCUT2D eigenvalue weighted by molar-refractivity contribution is 9.10. The molecule has 0 spiro atoms. The Bertz CT molecular complexity index is 754. The maximum Gasteiger partial charge on any atom is 0.140 e. The molecule has 2 aromatic carbocycles. The van der Waals surface area contributed by atoms with Crippen molar-refractivity contribution in [2.45, 2.75) is 6.92 Å². The first kappa shape index (κ1) is 12.2. The number of nitrogens with zero attached hydrogens (tertiary/aromatic N) is 2. The van der Waals surface area contributed by atoms with E-state index in [9.17, 15) is 0 Å². The zero-order chi connectivity index (χ0) is 13.6. The summed E-state index contributed by atoms with van der Waals surface area (Å²) in [4.78, 5) is 4.71. The predicted octanol–water partition coefficient (Wildman–Crippen LogP) is 3.89. The maximum absolute atomic E-state index is 5.90. The molecule has 3 aromatic rings. The minimum Gasteiger partial charge on any atom is -0.399 e. The minimum absolute atomic E-state index is 0.730. The van der Waals surface area contributed by atoms with E-state index in [4.69, 9.17) is 10.7 Å². The van der Waals surface area contributed by atoms with Gasteiger partial charge in [0.05, 0.1) is 11.0 Å². The quantitative estimate of drug-likeness (QED) is 0.692. The number of hydrogen-bond acceptors (Lipinski definition) is 2. The molecule has 0 aliphatic rings. The molecular formula is C15H14BrN3. The van der Waals surface area contributed by atoms with E-state index in [1.165, 1.54) is 5.56 Å². The van der Waals surface area contributed by atoms with Crippen molar-refractivity contribution in [1.82, 2.24) is 9.55 Å². The lowest BCUT2D eigenvalue weighted by molar-refractivity contribution is 0.955. The highest BCUT2D eigenvalue weighted by Crippen LogP contribution is 2.29. The van der Waals surface area contributed by atoms with E-state index >= 15 is 0 Å². The molecule has 0 unspecified atom stereocenters. The van der Waals surface area contributed by atoms with E-state index in [-0.39, 0.29) is 0 Å². The van der Waals surface area contributed by atoms with E-state index in [0.29, 0.717) is 0 Å². The summed E-state index contributed by atoms with van der Waals surface area (Å²) in [7, 11) is 2.04. The van der Waals surface area contributed by atoms with Gasteiger partial charge in [0.25, 0.3) is 0 Å². The van der Waals surface area contributed by atoms with Gasteiger partial charge in [-0.1, -0.05) is 28.1 Å². The van der Waals surface area contributed by atoms with Gasteiger partial charge in [-0.05, 0) is 36.8 Å². The van der Waals surface area contributed by atoms with Crippen LogP contribution < -0.4 is 5.73 Å². The number of benzene rings is 2. The molecule has 0 saturated carbocycles. The van der Waals surface area contributed by atoms with Crippen molar-refractivity contribution in [3.63, 3.8) is 0 Å². The van der Waals surface area contributed by atoms with Crippen molar-refractivity contribution >= 4 is 32.7 Å². The van der Waals surface area contributed by atoms with Gasteiger partial charge in [0.15, 0.2) is 0 Å². The lowest BCUT2D eigenvalue weighted by Crippen LogP contribution is -1.95. The molecule has 19 heavy (non-hydrogen) atoms. The Morgan fingerprint density at radius 2 is 2.00 bits per heavy atom. The number of rotatable bonds is 1. The van der Waals surface area contributed by atoms with Crippen molar-refractivity contribution < 1.29 is 0 Å². The first-order valence-electron chi connectivity index (χ1n) is 6.05. The fraction of sp³-hybridized carbons (Fsp3) is 0.133. The van der Waals surface area contributed by atoms with Gasteiger partial charge >= 0.3 is 0 Å². The van der Waals surface area contributed by atoms with Crippen molar-refractivity contribution in [2.24, 2.45) is 7.05 Å². The molecule has 4 heteroatoms. The Balaban J connectivity index is 2.31. The average Bonchev–Trinajstić information content (AvgIpc) is 2.67. The highest BCUT2D eigenvalue weighted by atomic mass is 79.9. The number of hydrogen-bond donors (Lipinski definition) is 1. The van der Waals surface area contributed by atoms with Crippen molar-refractivity contribution in [3.8, 4) is 11.4 Å². The number of nitrogen functional groups attached to an aromatic ring is 1. The van der Waals surface area contributed by atoms with Gasteiger partial charge in [-0.2, -0.15) is 0 Å². The molecule has 1 heterocycles. The van der Waals surface area contributed by atoms with Crippen LogP contribution in [0.5, 0.6) is 0 Å². The number of aryl methyl sites for hydroxylation is 2. The zero-order valence-corrected chi connectivity index (χ0v) is 12.4. The van der Waals surface area contributed by atoms with Crippen LogP contribution in [-0.4, -0.2) is 9.55 Å². The first-order chi connectivity index (χ1) is 9.06. The molecule has 0 aliphatic heterocycles. The Labute approximate surface area is 120 Å². The largest absolute Gasteiger partial charge is 0.399 e. The Kier molecular flexibility index (Phi) is 2.82. The van der Waals surface area contributed by atoms with Crippen molar-refractivity contribution in [1.29, 1.82) is 0 Å². The standard InChI is InChI=1S/C15H14BrN3/c1-9-4-3-5-13-14(9)19(2)15(18-13)10-6-11(16)8-12(17)7-10/h3-8H,17H2,1-2H3. The third-order valence-corrected chi connectivity index (χ3v) is 3.73. The van der Waals surface area contributed by atoms with Gasteiger partial charge in [-0.15, -0.1) is 0 Å². The van der Waals surface area contributed by atoms with Gasteiger partial charge in [-0.25, -0.2) is 4.98 Å². The number of nitrogens with two attached hydrogens (primary N) is 1. The molecule has 96 valence electrons. The van der Waals surface area contributed by atoms with Crippen LogP contribution in [0.15, 0.2) is 40.9 Å². The van der Waals surface area contributed by atoms with Crippen LogP contribution in [0.4, 0.5) is 5.69 Å². The summed E-state index contributed by atoms with van der Waals surface area (Å²) < 4.78 is 3.08. The molecule has 0 amide bonds. The van der Waals surface area contributed by atoms with Crippen LogP contribution >= 0.6 is 15.9 Å². The number of fused-ring (bicyclic) bond motifs is 1. The third kappa shape index (κ3) is 2.02. The molecule has 3 nitrogen and oxygen atoms in total. The number of para-hydroxylation sites is 1. The SMILES string of the molecule is Cc1cccc2nc(-c3cc(N)cc(Br)c3)n(C)c12.